The molecule has 0 N–H and O–H groups in total. The number of hydrogen-bond acceptors (Lipinski definition) is 4. The molecule has 1 fully saturated rings. The third kappa shape index (κ3) is 3.57. The van der Waals surface area contributed by atoms with Gasteiger partial charge in [0.1, 0.15) is 11.6 Å². The van der Waals surface area contributed by atoms with Gasteiger partial charge < -0.3 is 4.74 Å². The van der Waals surface area contributed by atoms with Crippen LogP contribution in [0, 0.1) is 5.41 Å². The van der Waals surface area contributed by atoms with Gasteiger partial charge in [0.2, 0.25) is 4.38 Å². The second kappa shape index (κ2) is 5.07. The fourth-order valence-electron chi connectivity index (χ4n) is 1.91. The van der Waals surface area contributed by atoms with E-state index in [1.54, 1.807) is 0 Å². The number of carbonyl (C=O) groups excluding carboxylic acids is 2. The summed E-state index contributed by atoms with van der Waals surface area (Å²) in [4.78, 5) is 22.7. The van der Waals surface area contributed by atoms with E-state index in [4.69, 9.17) is 17.0 Å². The lowest BCUT2D eigenvalue weighted by molar-refractivity contribution is -0.135. The van der Waals surface area contributed by atoms with Gasteiger partial charge in [-0.1, -0.05) is 19.6 Å². The number of rotatable bonds is 3. The number of ether oxygens (including phenoxy) is 1. The van der Waals surface area contributed by atoms with Gasteiger partial charge in [-0.15, -0.1) is 0 Å². The summed E-state index contributed by atoms with van der Waals surface area (Å²) < 4.78 is 5.32. The Morgan fingerprint density at radius 1 is 1.47 bits per heavy atom. The molecule has 0 saturated heterocycles. The summed E-state index contributed by atoms with van der Waals surface area (Å²) in [6, 6.07) is 0. The minimum Gasteiger partial charge on any atom is -0.478 e. The standard InChI is InChI=1S/C10H14O3S2/c1-2-10(6-13-9(14)15)4-7(11)3-8(12)5-10/h2-6H2,1H3,(H,14,15). The highest BCUT2D eigenvalue weighted by atomic mass is 32.1. The molecule has 1 aliphatic rings. The van der Waals surface area contributed by atoms with E-state index in [9.17, 15) is 9.59 Å². The van der Waals surface area contributed by atoms with Gasteiger partial charge in [-0.05, 0) is 18.6 Å². The van der Waals surface area contributed by atoms with Crippen LogP contribution >= 0.6 is 24.8 Å². The van der Waals surface area contributed by atoms with Crippen molar-refractivity contribution in [2.24, 2.45) is 5.41 Å². The Bertz CT molecular complexity index is 283. The fraction of sp³-hybridized carbons (Fsp3) is 0.700. The maximum Gasteiger partial charge on any atom is 0.216 e. The number of carbonyl (C=O) groups is 2. The first kappa shape index (κ1) is 12.6. The van der Waals surface area contributed by atoms with Crippen LogP contribution in [0.2, 0.25) is 0 Å². The van der Waals surface area contributed by atoms with E-state index in [-0.39, 0.29) is 27.8 Å². The predicted octanol–water partition coefficient (Wildman–Crippen LogP) is 1.94. The van der Waals surface area contributed by atoms with Crippen LogP contribution in [0.4, 0.5) is 0 Å². The third-order valence-electron chi connectivity index (χ3n) is 2.79. The van der Waals surface area contributed by atoms with E-state index in [0.29, 0.717) is 19.4 Å². The molecule has 0 atom stereocenters. The Morgan fingerprint density at radius 3 is 2.40 bits per heavy atom. The molecule has 0 amide bonds. The fourth-order valence-corrected chi connectivity index (χ4v) is 2.04. The molecule has 1 rings (SSSR count). The summed E-state index contributed by atoms with van der Waals surface area (Å²) in [5.74, 6) is 0.00330. The molecule has 0 bridgehead atoms. The lowest BCUT2D eigenvalue weighted by Crippen LogP contribution is -2.37. The molecule has 0 aromatic heterocycles. The molecule has 15 heavy (non-hydrogen) atoms. The lowest BCUT2D eigenvalue weighted by Gasteiger charge is -2.34. The summed E-state index contributed by atoms with van der Waals surface area (Å²) in [5.41, 5.74) is -0.362. The molecule has 0 aliphatic heterocycles. The highest BCUT2D eigenvalue weighted by Crippen LogP contribution is 2.36. The van der Waals surface area contributed by atoms with Crippen molar-refractivity contribution in [3.8, 4) is 0 Å². The third-order valence-corrected chi connectivity index (χ3v) is 3.04. The van der Waals surface area contributed by atoms with Crippen LogP contribution < -0.4 is 0 Å². The van der Waals surface area contributed by atoms with Gasteiger partial charge in [0.25, 0.3) is 0 Å². The Labute approximate surface area is 100.0 Å². The molecule has 1 aliphatic carbocycles. The van der Waals surface area contributed by atoms with E-state index in [1.165, 1.54) is 0 Å². The maximum atomic E-state index is 11.4. The molecule has 0 spiro atoms. The second-order valence-corrected chi connectivity index (χ2v) is 5.10. The van der Waals surface area contributed by atoms with Gasteiger partial charge in [0.05, 0.1) is 13.0 Å². The SMILES string of the molecule is CCC1(COC(=S)S)CC(=O)CC(=O)C1. The van der Waals surface area contributed by atoms with Crippen molar-refractivity contribution in [3.63, 3.8) is 0 Å². The number of thiol groups is 1. The van der Waals surface area contributed by atoms with Crippen molar-refractivity contribution >= 4 is 40.8 Å². The van der Waals surface area contributed by atoms with Gasteiger partial charge >= 0.3 is 0 Å². The van der Waals surface area contributed by atoms with Crippen LogP contribution in [0.3, 0.4) is 0 Å². The average molecular weight is 246 g/mol. The van der Waals surface area contributed by atoms with Crippen molar-refractivity contribution in [1.82, 2.24) is 0 Å². The largest absolute Gasteiger partial charge is 0.478 e. The number of Topliss-reactive ketones (excluding diaryl/α,β-unsaturated/α-hetero) is 2. The monoisotopic (exact) mass is 246 g/mol. The first-order valence-corrected chi connectivity index (χ1v) is 5.72. The molecule has 0 unspecified atom stereocenters. The smallest absolute Gasteiger partial charge is 0.216 e. The predicted molar refractivity (Wildman–Crippen MR) is 64.1 cm³/mol. The minimum absolute atomic E-state index is 0.00165. The summed E-state index contributed by atoms with van der Waals surface area (Å²) >= 11 is 8.55. The van der Waals surface area contributed by atoms with Gasteiger partial charge in [0.15, 0.2) is 0 Å². The Balaban J connectivity index is 2.69. The van der Waals surface area contributed by atoms with Crippen molar-refractivity contribution in [1.29, 1.82) is 0 Å². The first-order chi connectivity index (χ1) is 6.97. The molecule has 84 valence electrons. The van der Waals surface area contributed by atoms with Crippen molar-refractivity contribution in [2.45, 2.75) is 32.6 Å². The highest BCUT2D eigenvalue weighted by Gasteiger charge is 2.38. The summed E-state index contributed by atoms with van der Waals surface area (Å²) in [7, 11) is 0. The van der Waals surface area contributed by atoms with Crippen LogP contribution in [0.1, 0.15) is 32.6 Å². The molecule has 1 saturated carbocycles. The average Bonchev–Trinajstić information content (AvgIpc) is 2.13. The number of hydrogen-bond donors (Lipinski definition) is 1. The molecule has 5 heteroatoms. The van der Waals surface area contributed by atoms with E-state index in [0.717, 1.165) is 6.42 Å². The van der Waals surface area contributed by atoms with Gasteiger partial charge in [0, 0.05) is 18.3 Å². The normalized spacial score (nSPS) is 20.1. The van der Waals surface area contributed by atoms with Crippen LogP contribution in [0.15, 0.2) is 0 Å². The molecular formula is C10H14O3S2. The summed E-state index contributed by atoms with van der Waals surface area (Å²) in [5, 5.41) is 0. The van der Waals surface area contributed by atoms with Gasteiger partial charge in [-0.25, -0.2) is 0 Å². The zero-order valence-corrected chi connectivity index (χ0v) is 10.3. The second-order valence-electron chi connectivity index (χ2n) is 4.02. The first-order valence-electron chi connectivity index (χ1n) is 4.86. The van der Waals surface area contributed by atoms with Crippen LogP contribution in [0.5, 0.6) is 0 Å². The maximum absolute atomic E-state index is 11.4. The Hall–Kier alpha value is -0.420. The molecule has 3 nitrogen and oxygen atoms in total. The molecular weight excluding hydrogens is 232 g/mol. The van der Waals surface area contributed by atoms with E-state index in [2.05, 4.69) is 12.6 Å². The van der Waals surface area contributed by atoms with E-state index in [1.807, 2.05) is 6.92 Å². The zero-order valence-electron chi connectivity index (χ0n) is 8.62. The van der Waals surface area contributed by atoms with Crippen LogP contribution in [-0.4, -0.2) is 22.6 Å². The Morgan fingerprint density at radius 2 is 2.00 bits per heavy atom. The quantitative estimate of drug-likeness (QED) is 0.469. The van der Waals surface area contributed by atoms with Gasteiger partial charge in [-0.2, -0.15) is 0 Å². The minimum atomic E-state index is -0.362. The van der Waals surface area contributed by atoms with Gasteiger partial charge in [-0.3, -0.25) is 9.59 Å². The summed E-state index contributed by atoms with van der Waals surface area (Å²) in [6.45, 7) is 2.26. The zero-order chi connectivity index (χ0) is 11.5. The van der Waals surface area contributed by atoms with Crippen LogP contribution in [-0.2, 0) is 14.3 Å². The van der Waals surface area contributed by atoms with E-state index < -0.39 is 0 Å². The molecule has 0 aromatic carbocycles. The van der Waals surface area contributed by atoms with Crippen molar-refractivity contribution in [2.75, 3.05) is 6.61 Å². The van der Waals surface area contributed by atoms with Crippen molar-refractivity contribution in [3.05, 3.63) is 0 Å². The number of thiocarbonyl (C=S) groups is 1. The molecule has 0 radical (unpaired) electrons. The van der Waals surface area contributed by atoms with Crippen LogP contribution in [0.25, 0.3) is 0 Å². The molecule has 0 aromatic rings. The molecule has 0 heterocycles. The van der Waals surface area contributed by atoms with Crippen molar-refractivity contribution < 1.29 is 14.3 Å². The number of ketones is 2. The van der Waals surface area contributed by atoms with E-state index >= 15 is 0 Å². The topological polar surface area (TPSA) is 43.4 Å². The highest BCUT2D eigenvalue weighted by molar-refractivity contribution is 8.10. The lowest BCUT2D eigenvalue weighted by atomic mass is 9.72. The Kier molecular flexibility index (Phi) is 4.28. The summed E-state index contributed by atoms with van der Waals surface area (Å²) in [6.07, 6.45) is 1.63.